The molecule has 0 unspecified atom stereocenters. The lowest BCUT2D eigenvalue weighted by Crippen LogP contribution is -2.45. The van der Waals surface area contributed by atoms with Crippen molar-refractivity contribution in [3.63, 3.8) is 0 Å². The predicted molar refractivity (Wildman–Crippen MR) is 138 cm³/mol. The van der Waals surface area contributed by atoms with Gasteiger partial charge >= 0.3 is 5.97 Å². The Morgan fingerprint density at radius 2 is 1.89 bits per heavy atom. The lowest BCUT2D eigenvalue weighted by atomic mass is 10.1. The number of nitrogens with zero attached hydrogens (tertiary/aromatic N) is 6. The Morgan fingerprint density at radius 1 is 1.11 bits per heavy atom. The fraction of sp³-hybridized carbons (Fsp3) is 0.240. The lowest BCUT2D eigenvalue weighted by Gasteiger charge is -2.18. The molecule has 12 nitrogen and oxygen atoms in total. The van der Waals surface area contributed by atoms with Crippen molar-refractivity contribution in [2.75, 3.05) is 5.32 Å². The van der Waals surface area contributed by atoms with E-state index in [0.717, 1.165) is 5.56 Å². The molecular formula is C25H25ClN8O4. The number of carbonyl (C=O) groups excluding carboxylic acids is 2. The second-order valence-corrected chi connectivity index (χ2v) is 8.82. The second-order valence-electron chi connectivity index (χ2n) is 8.39. The van der Waals surface area contributed by atoms with E-state index in [1.54, 1.807) is 35.1 Å². The van der Waals surface area contributed by atoms with E-state index < -0.39 is 17.9 Å². The van der Waals surface area contributed by atoms with Gasteiger partial charge in [0.05, 0.1) is 16.9 Å². The number of halogens is 1. The molecule has 0 radical (unpaired) electrons. The normalized spacial score (nSPS) is 11.6. The van der Waals surface area contributed by atoms with Crippen molar-refractivity contribution in [1.29, 1.82) is 0 Å². The van der Waals surface area contributed by atoms with Gasteiger partial charge in [0, 0.05) is 36.3 Å². The van der Waals surface area contributed by atoms with Crippen LogP contribution in [0.3, 0.4) is 0 Å². The maximum absolute atomic E-state index is 13.2. The highest BCUT2D eigenvalue weighted by Gasteiger charge is 2.23. The highest BCUT2D eigenvalue weighted by Crippen LogP contribution is 2.20. The molecule has 1 atom stereocenters. The zero-order chi connectivity index (χ0) is 27.1. The minimum Gasteiger partial charge on any atom is -0.478 e. The van der Waals surface area contributed by atoms with Crippen LogP contribution >= 0.6 is 11.6 Å². The maximum Gasteiger partial charge on any atom is 0.335 e. The lowest BCUT2D eigenvalue weighted by molar-refractivity contribution is -0.126. The Balaban J connectivity index is 1.46. The molecule has 0 saturated carbocycles. The molecule has 38 heavy (non-hydrogen) atoms. The zero-order valence-electron chi connectivity index (χ0n) is 20.4. The first-order valence-electron chi connectivity index (χ1n) is 11.8. The summed E-state index contributed by atoms with van der Waals surface area (Å²) in [4.78, 5) is 37.2. The maximum atomic E-state index is 13.2. The van der Waals surface area contributed by atoms with Crippen LogP contribution in [0.5, 0.6) is 0 Å². The molecule has 3 N–H and O–H groups in total. The number of carboxylic acids is 1. The van der Waals surface area contributed by atoms with Gasteiger partial charge in [-0.2, -0.15) is 5.10 Å². The van der Waals surface area contributed by atoms with Crippen LogP contribution in [-0.2, 0) is 29.0 Å². The smallest absolute Gasteiger partial charge is 0.335 e. The first-order valence-corrected chi connectivity index (χ1v) is 12.2. The van der Waals surface area contributed by atoms with Crippen LogP contribution in [0.1, 0.15) is 35.0 Å². The van der Waals surface area contributed by atoms with Crippen molar-refractivity contribution in [2.45, 2.75) is 38.8 Å². The number of rotatable bonds is 11. The molecule has 2 heterocycles. The Labute approximate surface area is 222 Å². The largest absolute Gasteiger partial charge is 0.478 e. The van der Waals surface area contributed by atoms with E-state index in [0.29, 0.717) is 35.1 Å². The number of aryl methyl sites for hydroxylation is 2. The van der Waals surface area contributed by atoms with Crippen molar-refractivity contribution in [3.05, 3.63) is 82.9 Å². The minimum absolute atomic E-state index is 0.0793. The Kier molecular flexibility index (Phi) is 8.44. The summed E-state index contributed by atoms with van der Waals surface area (Å²) in [6, 6.07) is 11.9. The average molecular weight is 537 g/mol. The fourth-order valence-corrected chi connectivity index (χ4v) is 3.99. The fourth-order valence-electron chi connectivity index (χ4n) is 3.80. The van der Waals surface area contributed by atoms with Gasteiger partial charge in [0.15, 0.2) is 0 Å². The average Bonchev–Trinajstić information content (AvgIpc) is 3.60. The van der Waals surface area contributed by atoms with Gasteiger partial charge in [-0.25, -0.2) is 9.48 Å². The van der Waals surface area contributed by atoms with Crippen LogP contribution in [0, 0.1) is 0 Å². The van der Waals surface area contributed by atoms with Crippen LogP contribution in [0.15, 0.2) is 61.1 Å². The van der Waals surface area contributed by atoms with E-state index in [4.69, 9.17) is 16.7 Å². The first kappa shape index (κ1) is 26.5. The van der Waals surface area contributed by atoms with Crippen molar-refractivity contribution in [1.82, 2.24) is 35.3 Å². The summed E-state index contributed by atoms with van der Waals surface area (Å²) in [6.07, 6.45) is 3.83. The molecule has 0 aliphatic carbocycles. The van der Waals surface area contributed by atoms with Gasteiger partial charge in [-0.3, -0.25) is 14.3 Å². The number of benzene rings is 2. The molecule has 0 spiro atoms. The van der Waals surface area contributed by atoms with Crippen LogP contribution < -0.4 is 10.6 Å². The molecule has 0 bridgehead atoms. The summed E-state index contributed by atoms with van der Waals surface area (Å²) in [5.74, 6) is -1.86. The number of hydrogen-bond acceptors (Lipinski definition) is 7. The molecular weight excluding hydrogens is 512 g/mol. The number of hydrogen-bond donors (Lipinski definition) is 3. The Bertz CT molecular complexity index is 1420. The van der Waals surface area contributed by atoms with Gasteiger partial charge in [-0.15, -0.1) is 5.10 Å². The van der Waals surface area contributed by atoms with Crippen LogP contribution in [0.25, 0.3) is 5.69 Å². The Hall–Kier alpha value is -4.58. The SMILES string of the molecule is CCn1ccc(C[C@H](NC(=O)CCc2cc(Cl)ccc2-n2cnnn2)C(=O)Nc2ccc(C(=O)O)cc2)n1. The molecule has 13 heteroatoms. The molecule has 0 aliphatic rings. The standard InChI is InChI=1S/C25H25ClN8O4/c1-2-33-12-11-20(30-33)14-21(24(36)28-19-7-3-16(4-8-19)25(37)38)29-23(35)10-5-17-13-18(26)6-9-22(17)34-15-27-31-32-34/h3-4,6-9,11-13,15,21H,2,5,10,14H2,1H3,(H,28,36)(H,29,35)(H,37,38)/t21-/m0/s1. The molecule has 2 aromatic carbocycles. The number of aromatic carboxylic acids is 1. The zero-order valence-corrected chi connectivity index (χ0v) is 21.2. The summed E-state index contributed by atoms with van der Waals surface area (Å²) >= 11 is 6.17. The summed E-state index contributed by atoms with van der Waals surface area (Å²) in [6.45, 7) is 2.62. The highest BCUT2D eigenvalue weighted by molar-refractivity contribution is 6.30. The monoisotopic (exact) mass is 536 g/mol. The molecule has 196 valence electrons. The highest BCUT2D eigenvalue weighted by atomic mass is 35.5. The quantitative estimate of drug-likeness (QED) is 0.264. The minimum atomic E-state index is -1.07. The van der Waals surface area contributed by atoms with E-state index >= 15 is 0 Å². The van der Waals surface area contributed by atoms with Gasteiger partial charge in [0.1, 0.15) is 12.4 Å². The van der Waals surface area contributed by atoms with Crippen molar-refractivity contribution in [3.8, 4) is 5.69 Å². The number of carbonyl (C=O) groups is 3. The summed E-state index contributed by atoms with van der Waals surface area (Å²) in [5.41, 5.74) is 2.60. The molecule has 2 amide bonds. The number of tetrazole rings is 1. The van der Waals surface area contributed by atoms with Gasteiger partial charge in [0.25, 0.3) is 0 Å². The van der Waals surface area contributed by atoms with Crippen LogP contribution in [0.2, 0.25) is 5.02 Å². The van der Waals surface area contributed by atoms with Crippen molar-refractivity contribution >= 4 is 35.1 Å². The summed E-state index contributed by atoms with van der Waals surface area (Å²) in [5, 5.41) is 30.8. The third kappa shape index (κ3) is 6.79. The van der Waals surface area contributed by atoms with E-state index in [2.05, 4.69) is 31.3 Å². The van der Waals surface area contributed by atoms with E-state index in [1.165, 1.54) is 35.3 Å². The summed E-state index contributed by atoms with van der Waals surface area (Å²) in [7, 11) is 0. The number of aromatic nitrogens is 6. The second kappa shape index (κ2) is 12.1. The van der Waals surface area contributed by atoms with Crippen LogP contribution in [0.4, 0.5) is 5.69 Å². The molecule has 2 aromatic heterocycles. The van der Waals surface area contributed by atoms with Crippen molar-refractivity contribution < 1.29 is 19.5 Å². The van der Waals surface area contributed by atoms with Gasteiger partial charge in [0.2, 0.25) is 11.8 Å². The van der Waals surface area contributed by atoms with Gasteiger partial charge < -0.3 is 15.7 Å². The number of anilines is 1. The van der Waals surface area contributed by atoms with E-state index in [1.807, 2.05) is 6.92 Å². The molecule has 0 fully saturated rings. The topological polar surface area (TPSA) is 157 Å². The Morgan fingerprint density at radius 3 is 2.55 bits per heavy atom. The van der Waals surface area contributed by atoms with Crippen molar-refractivity contribution in [2.24, 2.45) is 0 Å². The molecule has 0 aliphatic heterocycles. The van der Waals surface area contributed by atoms with Gasteiger partial charge in [-0.1, -0.05) is 11.6 Å². The number of nitrogens with one attached hydrogen (secondary N) is 2. The number of carboxylic acid groups (broad SMARTS) is 1. The third-order valence-electron chi connectivity index (χ3n) is 5.74. The number of amides is 2. The summed E-state index contributed by atoms with van der Waals surface area (Å²) < 4.78 is 3.22. The molecule has 4 rings (SSSR count). The predicted octanol–water partition coefficient (Wildman–Crippen LogP) is 2.53. The first-order chi connectivity index (χ1) is 18.3. The van der Waals surface area contributed by atoms with Crippen LogP contribution in [-0.4, -0.2) is 58.9 Å². The van der Waals surface area contributed by atoms with Gasteiger partial charge in [-0.05, 0) is 77.9 Å². The molecule has 4 aromatic rings. The molecule has 0 saturated heterocycles. The van der Waals surface area contributed by atoms with E-state index in [9.17, 15) is 14.4 Å². The third-order valence-corrected chi connectivity index (χ3v) is 5.98. The van der Waals surface area contributed by atoms with E-state index in [-0.39, 0.29) is 24.3 Å².